The van der Waals surface area contributed by atoms with Gasteiger partial charge >= 0.3 is 11.9 Å². The Hall–Kier alpha value is -3.44. The fraction of sp³-hybridized carbons (Fsp3) is 0.649. The summed E-state index contributed by atoms with van der Waals surface area (Å²) in [6.45, 7) is 7.34. The van der Waals surface area contributed by atoms with E-state index in [1.807, 2.05) is 0 Å². The van der Waals surface area contributed by atoms with Gasteiger partial charge in [0.2, 0.25) is 0 Å². The molecule has 0 aliphatic rings. The number of hydrogen-bond donors (Lipinski definition) is 0. The molecule has 0 aliphatic heterocycles. The molecule has 0 amide bonds. The van der Waals surface area contributed by atoms with Crippen LogP contribution in [-0.2, 0) is 23.8 Å². The average molecular weight is 859 g/mol. The number of allylic oxidation sites excluding steroid dienone is 17. The number of ether oxygens (including phenoxy) is 3. The van der Waals surface area contributed by atoms with Crippen molar-refractivity contribution in [3.8, 4) is 0 Å². The van der Waals surface area contributed by atoms with E-state index in [0.29, 0.717) is 19.4 Å². The molecule has 0 aliphatic carbocycles. The van der Waals surface area contributed by atoms with Crippen LogP contribution in [0.15, 0.2) is 109 Å². The van der Waals surface area contributed by atoms with Gasteiger partial charge in [-0.15, -0.1) is 0 Å². The van der Waals surface area contributed by atoms with Crippen molar-refractivity contribution in [1.82, 2.24) is 0 Å². The highest BCUT2D eigenvalue weighted by atomic mass is 16.6. The Morgan fingerprint density at radius 1 is 0.371 bits per heavy atom. The Balaban J connectivity index is 4.42. The summed E-state index contributed by atoms with van der Waals surface area (Å²) in [7, 11) is 0. The zero-order chi connectivity index (χ0) is 44.9. The van der Waals surface area contributed by atoms with Crippen molar-refractivity contribution in [2.75, 3.05) is 19.8 Å². The summed E-state index contributed by atoms with van der Waals surface area (Å²) in [5.74, 6) is -0.482. The second-order valence-corrected chi connectivity index (χ2v) is 16.3. The second-order valence-electron chi connectivity index (χ2n) is 16.3. The molecule has 0 aromatic rings. The molecule has 0 bridgehead atoms. The average Bonchev–Trinajstić information content (AvgIpc) is 3.27. The monoisotopic (exact) mass is 859 g/mol. The van der Waals surface area contributed by atoms with Gasteiger partial charge in [0.15, 0.2) is 6.10 Å². The lowest BCUT2D eigenvalue weighted by atomic mass is 10.1. The number of rotatable bonds is 45. The van der Waals surface area contributed by atoms with Crippen LogP contribution in [0.25, 0.3) is 0 Å². The SMILES string of the molecule is CC/C=C\C/C=C\C/C=C\C/C=C\C/C=C\CCOCC(COC(=O)CCCCCCCCC/C=C\CCCCCCCC)OC(=O)CCCCC/C=C\C/C=C\C/C=C\CC. The molecular weight excluding hydrogens is 765 g/mol. The fourth-order valence-corrected chi connectivity index (χ4v) is 6.58. The van der Waals surface area contributed by atoms with E-state index in [-0.39, 0.29) is 25.2 Å². The molecule has 0 saturated heterocycles. The van der Waals surface area contributed by atoms with Gasteiger partial charge in [-0.1, -0.05) is 201 Å². The van der Waals surface area contributed by atoms with Crippen LogP contribution in [0.2, 0.25) is 0 Å². The molecule has 0 rings (SSSR count). The molecule has 0 N–H and O–H groups in total. The van der Waals surface area contributed by atoms with Crippen LogP contribution in [0, 0.1) is 0 Å². The lowest BCUT2D eigenvalue weighted by Crippen LogP contribution is -2.30. The molecule has 0 radical (unpaired) electrons. The molecule has 1 atom stereocenters. The minimum atomic E-state index is -0.598. The van der Waals surface area contributed by atoms with E-state index in [1.165, 1.54) is 77.0 Å². The lowest BCUT2D eigenvalue weighted by molar-refractivity contribution is -0.162. The number of esters is 2. The first kappa shape index (κ1) is 58.6. The maximum atomic E-state index is 12.8. The van der Waals surface area contributed by atoms with E-state index in [1.54, 1.807) is 0 Å². The Morgan fingerprint density at radius 2 is 0.726 bits per heavy atom. The van der Waals surface area contributed by atoms with Gasteiger partial charge in [-0.25, -0.2) is 0 Å². The molecule has 0 saturated carbocycles. The van der Waals surface area contributed by atoms with Crippen molar-refractivity contribution in [3.05, 3.63) is 109 Å². The van der Waals surface area contributed by atoms with E-state index in [4.69, 9.17) is 14.2 Å². The molecule has 0 spiro atoms. The van der Waals surface area contributed by atoms with Crippen LogP contribution >= 0.6 is 0 Å². The van der Waals surface area contributed by atoms with E-state index in [9.17, 15) is 9.59 Å². The Morgan fingerprint density at radius 3 is 1.19 bits per heavy atom. The third-order valence-corrected chi connectivity index (χ3v) is 10.3. The topological polar surface area (TPSA) is 61.8 Å². The fourth-order valence-electron chi connectivity index (χ4n) is 6.58. The molecule has 5 heteroatoms. The van der Waals surface area contributed by atoms with Gasteiger partial charge in [0, 0.05) is 12.8 Å². The van der Waals surface area contributed by atoms with Crippen molar-refractivity contribution in [1.29, 1.82) is 0 Å². The van der Waals surface area contributed by atoms with Gasteiger partial charge in [-0.3, -0.25) is 9.59 Å². The molecule has 1 unspecified atom stereocenters. The normalized spacial score (nSPS) is 13.1. The highest BCUT2D eigenvalue weighted by Crippen LogP contribution is 2.13. The number of carbonyl (C=O) groups excluding carboxylic acids is 2. The first-order valence-corrected chi connectivity index (χ1v) is 25.4. The molecule has 5 nitrogen and oxygen atoms in total. The third-order valence-electron chi connectivity index (χ3n) is 10.3. The standard InChI is InChI=1S/C57H94O5/c1-4-7-10-13-16-19-22-25-27-29-30-33-35-38-41-44-47-50-56(58)61-54-55(62-57(59)51-48-45-42-39-36-32-24-21-18-15-12-9-6-3)53-60-52-49-46-43-40-37-34-31-28-26-23-20-17-14-11-8-5-2/h8-9,11-12,17-18,20-21,25-28,32,34,36-37,43,46,55H,4-7,10,13-16,19,22-24,29-31,33,35,38-42,44-45,47-54H2,1-3H3/b11-8-,12-9-,20-17-,21-18-,27-25-,28-26-,36-32-,37-34-,46-43-. The number of hydrogen-bond acceptors (Lipinski definition) is 5. The van der Waals surface area contributed by atoms with Crippen molar-refractivity contribution in [2.45, 2.75) is 219 Å². The smallest absolute Gasteiger partial charge is 0.306 e. The summed E-state index contributed by atoms with van der Waals surface area (Å²) in [5, 5.41) is 0. The number of carbonyl (C=O) groups is 2. The number of unbranched alkanes of at least 4 members (excludes halogenated alkanes) is 16. The summed E-state index contributed by atoms with van der Waals surface area (Å²) in [6, 6.07) is 0. The molecule has 0 aromatic carbocycles. The maximum Gasteiger partial charge on any atom is 0.306 e. The van der Waals surface area contributed by atoms with E-state index in [2.05, 4.69) is 130 Å². The largest absolute Gasteiger partial charge is 0.462 e. The van der Waals surface area contributed by atoms with Crippen molar-refractivity contribution in [3.63, 3.8) is 0 Å². The Bertz CT molecular complexity index is 1250. The highest BCUT2D eigenvalue weighted by Gasteiger charge is 2.17. The van der Waals surface area contributed by atoms with Crippen LogP contribution < -0.4 is 0 Å². The first-order valence-electron chi connectivity index (χ1n) is 25.4. The summed E-state index contributed by atoms with van der Waals surface area (Å²) in [5.41, 5.74) is 0. The maximum absolute atomic E-state index is 12.8. The molecule has 0 fully saturated rings. The Labute approximate surface area is 383 Å². The van der Waals surface area contributed by atoms with Crippen molar-refractivity contribution >= 4 is 11.9 Å². The van der Waals surface area contributed by atoms with Crippen molar-refractivity contribution < 1.29 is 23.8 Å². The van der Waals surface area contributed by atoms with Crippen molar-refractivity contribution in [2.24, 2.45) is 0 Å². The predicted octanol–water partition coefficient (Wildman–Crippen LogP) is 17.2. The molecule has 62 heavy (non-hydrogen) atoms. The second kappa shape index (κ2) is 51.9. The van der Waals surface area contributed by atoms with Crippen LogP contribution in [0.5, 0.6) is 0 Å². The predicted molar refractivity (Wildman–Crippen MR) is 269 cm³/mol. The lowest BCUT2D eigenvalue weighted by Gasteiger charge is -2.18. The quantitative estimate of drug-likeness (QED) is 0.0347. The molecular formula is C57H94O5. The first-order chi connectivity index (χ1) is 30.6. The van der Waals surface area contributed by atoms with E-state index < -0.39 is 6.10 Å². The summed E-state index contributed by atoms with van der Waals surface area (Å²) < 4.78 is 17.3. The zero-order valence-corrected chi connectivity index (χ0v) is 40.3. The van der Waals surface area contributed by atoms with Gasteiger partial charge in [0.05, 0.1) is 13.2 Å². The molecule has 0 aromatic heterocycles. The minimum Gasteiger partial charge on any atom is -0.462 e. The minimum absolute atomic E-state index is 0.0355. The zero-order valence-electron chi connectivity index (χ0n) is 40.3. The summed E-state index contributed by atoms with van der Waals surface area (Å²) >= 11 is 0. The van der Waals surface area contributed by atoms with Gasteiger partial charge in [-0.05, 0) is 109 Å². The van der Waals surface area contributed by atoms with Gasteiger partial charge < -0.3 is 14.2 Å². The summed E-state index contributed by atoms with van der Waals surface area (Å²) in [4.78, 5) is 25.4. The highest BCUT2D eigenvalue weighted by molar-refractivity contribution is 5.70. The summed E-state index contributed by atoms with van der Waals surface area (Å²) in [6.07, 6.45) is 71.2. The Kier molecular flexibility index (Phi) is 49.0. The van der Waals surface area contributed by atoms with Crippen LogP contribution in [-0.4, -0.2) is 37.9 Å². The van der Waals surface area contributed by atoms with Gasteiger partial charge in [-0.2, -0.15) is 0 Å². The molecule has 0 heterocycles. The third kappa shape index (κ3) is 49.2. The van der Waals surface area contributed by atoms with Crippen LogP contribution in [0.4, 0.5) is 0 Å². The van der Waals surface area contributed by atoms with E-state index >= 15 is 0 Å². The molecule has 352 valence electrons. The van der Waals surface area contributed by atoms with Gasteiger partial charge in [0.1, 0.15) is 6.61 Å². The van der Waals surface area contributed by atoms with E-state index in [0.717, 1.165) is 103 Å². The van der Waals surface area contributed by atoms with Crippen LogP contribution in [0.1, 0.15) is 213 Å². The van der Waals surface area contributed by atoms with Crippen LogP contribution in [0.3, 0.4) is 0 Å². The van der Waals surface area contributed by atoms with Gasteiger partial charge in [0.25, 0.3) is 0 Å².